The van der Waals surface area contributed by atoms with Crippen LogP contribution in [0.4, 0.5) is 0 Å². The van der Waals surface area contributed by atoms with Gasteiger partial charge in [0.2, 0.25) is 0 Å². The number of aliphatic hydroxyl groups excluding tert-OH is 1. The molecule has 0 aromatic rings. The van der Waals surface area contributed by atoms with Crippen LogP contribution in [0.2, 0.25) is 0 Å². The highest BCUT2D eigenvalue weighted by molar-refractivity contribution is 4.75. The fourth-order valence-corrected chi connectivity index (χ4v) is 3.36. The zero-order chi connectivity index (χ0) is 14.5. The summed E-state index contributed by atoms with van der Waals surface area (Å²) in [7, 11) is 0. The summed E-state index contributed by atoms with van der Waals surface area (Å²) in [4.78, 5) is 2.52. The average Bonchev–Trinajstić information content (AvgIpc) is 2.49. The van der Waals surface area contributed by atoms with Crippen molar-refractivity contribution >= 4 is 0 Å². The first kappa shape index (κ1) is 18.0. The molecule has 0 aromatic carbocycles. The summed E-state index contributed by atoms with van der Waals surface area (Å²) in [5, 5.41) is 9.38. The van der Waals surface area contributed by atoms with Crippen molar-refractivity contribution in [3.63, 3.8) is 0 Å². The number of hydrogen-bond acceptors (Lipinski definition) is 2. The van der Waals surface area contributed by atoms with E-state index in [0.717, 1.165) is 0 Å². The van der Waals surface area contributed by atoms with E-state index in [1.54, 1.807) is 0 Å². The molecule has 0 spiro atoms. The van der Waals surface area contributed by atoms with Gasteiger partial charge < -0.3 is 5.11 Å². The minimum absolute atomic E-state index is 0.359. The van der Waals surface area contributed by atoms with E-state index in [9.17, 15) is 5.11 Å². The predicted molar refractivity (Wildman–Crippen MR) is 88.1 cm³/mol. The summed E-state index contributed by atoms with van der Waals surface area (Å²) in [5.41, 5.74) is 0. The molecule has 2 nitrogen and oxygen atoms in total. The summed E-state index contributed by atoms with van der Waals surface area (Å²) in [6.45, 7) is 5.06. The van der Waals surface area contributed by atoms with Crippen LogP contribution in [0, 0.1) is 0 Å². The third kappa shape index (κ3) is 8.26. The highest BCUT2D eigenvalue weighted by Crippen LogP contribution is 2.17. The molecule has 1 atom stereocenters. The Morgan fingerprint density at radius 2 is 1.45 bits per heavy atom. The van der Waals surface area contributed by atoms with Gasteiger partial charge in [-0.05, 0) is 32.4 Å². The van der Waals surface area contributed by atoms with Crippen molar-refractivity contribution in [3.05, 3.63) is 0 Å². The third-order valence-corrected chi connectivity index (χ3v) is 4.76. The number of hydrogen-bond donors (Lipinski definition) is 1. The first-order chi connectivity index (χ1) is 9.88. The molecule has 1 aliphatic rings. The summed E-state index contributed by atoms with van der Waals surface area (Å²) in [6, 6.07) is 0.460. The number of piperidine rings is 1. The second-order valence-corrected chi connectivity index (χ2v) is 6.55. The Hall–Kier alpha value is -0.0800. The van der Waals surface area contributed by atoms with Gasteiger partial charge in [0.1, 0.15) is 0 Å². The normalized spacial score (nSPS) is 20.4. The summed E-state index contributed by atoms with van der Waals surface area (Å²) >= 11 is 0. The first-order valence-corrected chi connectivity index (χ1v) is 9.23. The van der Waals surface area contributed by atoms with Crippen LogP contribution in [0.5, 0.6) is 0 Å². The van der Waals surface area contributed by atoms with Crippen molar-refractivity contribution in [2.45, 2.75) is 96.4 Å². The molecule has 120 valence electrons. The van der Waals surface area contributed by atoms with Gasteiger partial charge in [0, 0.05) is 6.04 Å². The van der Waals surface area contributed by atoms with E-state index >= 15 is 0 Å². The molecular formula is C18H37NO. The van der Waals surface area contributed by atoms with Crippen LogP contribution < -0.4 is 0 Å². The summed E-state index contributed by atoms with van der Waals surface area (Å²) in [6.07, 6.45) is 17.9. The highest BCUT2D eigenvalue weighted by Gasteiger charge is 2.20. The Morgan fingerprint density at radius 3 is 2.05 bits per heavy atom. The average molecular weight is 283 g/mol. The molecule has 0 radical (unpaired) electrons. The molecular weight excluding hydrogens is 246 g/mol. The quantitative estimate of drug-likeness (QED) is 0.522. The third-order valence-electron chi connectivity index (χ3n) is 4.76. The lowest BCUT2D eigenvalue weighted by Crippen LogP contribution is -2.42. The van der Waals surface area contributed by atoms with Gasteiger partial charge >= 0.3 is 0 Å². The maximum atomic E-state index is 9.38. The molecule has 0 saturated carbocycles. The molecule has 0 bridgehead atoms. The lowest BCUT2D eigenvalue weighted by Gasteiger charge is -2.34. The maximum Gasteiger partial charge on any atom is 0.0586 e. The smallest absolute Gasteiger partial charge is 0.0586 e. The van der Waals surface area contributed by atoms with Gasteiger partial charge in [-0.3, -0.25) is 4.90 Å². The highest BCUT2D eigenvalue weighted by atomic mass is 16.3. The van der Waals surface area contributed by atoms with E-state index in [1.807, 2.05) is 0 Å². The Kier molecular flexibility index (Phi) is 11.4. The van der Waals surface area contributed by atoms with E-state index < -0.39 is 0 Å². The van der Waals surface area contributed by atoms with Gasteiger partial charge in [-0.1, -0.05) is 71.1 Å². The molecule has 1 heterocycles. The van der Waals surface area contributed by atoms with Crippen LogP contribution in [0.1, 0.15) is 90.4 Å². The van der Waals surface area contributed by atoms with E-state index in [1.165, 1.54) is 96.6 Å². The van der Waals surface area contributed by atoms with Gasteiger partial charge in [0.15, 0.2) is 0 Å². The van der Waals surface area contributed by atoms with E-state index in [0.29, 0.717) is 12.6 Å². The maximum absolute atomic E-state index is 9.38. The zero-order valence-corrected chi connectivity index (χ0v) is 13.8. The molecule has 1 saturated heterocycles. The van der Waals surface area contributed by atoms with Gasteiger partial charge in [0.05, 0.1) is 6.61 Å². The van der Waals surface area contributed by atoms with E-state index in [4.69, 9.17) is 0 Å². The number of aliphatic hydroxyl groups is 1. The monoisotopic (exact) mass is 283 g/mol. The predicted octanol–water partition coefficient (Wildman–Crippen LogP) is 4.75. The lowest BCUT2D eigenvalue weighted by atomic mass is 10.0. The fourth-order valence-electron chi connectivity index (χ4n) is 3.36. The Morgan fingerprint density at radius 1 is 0.850 bits per heavy atom. The number of likely N-dealkylation sites (tertiary alicyclic amines) is 1. The standard InChI is InChI=1S/C18H37NO/c1-2-3-4-5-6-7-8-9-10-12-15-19-16-13-11-14-18(19)17-20/h18,20H,2-17H2,1H3. The van der Waals surface area contributed by atoms with Crippen molar-refractivity contribution in [1.82, 2.24) is 4.90 Å². The van der Waals surface area contributed by atoms with Gasteiger partial charge in [-0.2, -0.15) is 0 Å². The summed E-state index contributed by atoms with van der Waals surface area (Å²) in [5.74, 6) is 0. The van der Waals surface area contributed by atoms with Crippen molar-refractivity contribution < 1.29 is 5.11 Å². The van der Waals surface area contributed by atoms with Crippen LogP contribution >= 0.6 is 0 Å². The Labute approximate surface area is 126 Å². The second-order valence-electron chi connectivity index (χ2n) is 6.55. The van der Waals surface area contributed by atoms with Crippen LogP contribution in [-0.2, 0) is 0 Å². The van der Waals surface area contributed by atoms with Crippen LogP contribution in [-0.4, -0.2) is 35.7 Å². The molecule has 0 aromatic heterocycles. The van der Waals surface area contributed by atoms with Gasteiger partial charge in [0.25, 0.3) is 0 Å². The minimum atomic E-state index is 0.359. The first-order valence-electron chi connectivity index (χ1n) is 9.23. The van der Waals surface area contributed by atoms with Crippen molar-refractivity contribution in [2.75, 3.05) is 19.7 Å². The van der Waals surface area contributed by atoms with Gasteiger partial charge in [-0.15, -0.1) is 0 Å². The molecule has 1 N–H and O–H groups in total. The molecule has 1 rings (SSSR count). The number of nitrogens with zero attached hydrogens (tertiary/aromatic N) is 1. The minimum Gasteiger partial charge on any atom is -0.395 e. The zero-order valence-electron chi connectivity index (χ0n) is 13.8. The molecule has 1 aliphatic heterocycles. The topological polar surface area (TPSA) is 23.5 Å². The number of unbranched alkanes of at least 4 members (excludes halogenated alkanes) is 9. The Balaban J connectivity index is 1.86. The van der Waals surface area contributed by atoms with Crippen molar-refractivity contribution in [1.29, 1.82) is 0 Å². The molecule has 0 aliphatic carbocycles. The van der Waals surface area contributed by atoms with Crippen molar-refractivity contribution in [3.8, 4) is 0 Å². The summed E-state index contributed by atoms with van der Waals surface area (Å²) < 4.78 is 0. The largest absolute Gasteiger partial charge is 0.395 e. The molecule has 20 heavy (non-hydrogen) atoms. The van der Waals surface area contributed by atoms with E-state index in [-0.39, 0.29) is 0 Å². The van der Waals surface area contributed by atoms with Crippen LogP contribution in [0.25, 0.3) is 0 Å². The Bertz CT molecular complexity index is 208. The van der Waals surface area contributed by atoms with Crippen LogP contribution in [0.15, 0.2) is 0 Å². The van der Waals surface area contributed by atoms with E-state index in [2.05, 4.69) is 11.8 Å². The molecule has 2 heteroatoms. The SMILES string of the molecule is CCCCCCCCCCCCN1CCCCC1CO. The molecule has 1 fully saturated rings. The second kappa shape index (κ2) is 12.6. The van der Waals surface area contributed by atoms with Gasteiger partial charge in [-0.25, -0.2) is 0 Å². The fraction of sp³-hybridized carbons (Fsp3) is 1.00. The van der Waals surface area contributed by atoms with Crippen LogP contribution in [0.3, 0.4) is 0 Å². The lowest BCUT2D eigenvalue weighted by molar-refractivity contribution is 0.0886. The number of rotatable bonds is 12. The molecule has 1 unspecified atom stereocenters. The molecule has 0 amide bonds. The van der Waals surface area contributed by atoms with Crippen molar-refractivity contribution in [2.24, 2.45) is 0 Å².